The SMILES string of the molecule is CC.O=[N+]([O-])c1cc(Cl)ccc1Br. The minimum absolute atomic E-state index is 0.0162. The molecule has 3 nitrogen and oxygen atoms in total. The second-order valence-corrected chi connectivity index (χ2v) is 3.14. The molecule has 1 aromatic carbocycles. The monoisotopic (exact) mass is 265 g/mol. The summed E-state index contributed by atoms with van der Waals surface area (Å²) in [5.74, 6) is 0. The van der Waals surface area contributed by atoms with Gasteiger partial charge in [0.1, 0.15) is 0 Å². The number of halogens is 2. The van der Waals surface area contributed by atoms with Crippen molar-refractivity contribution in [3.63, 3.8) is 0 Å². The van der Waals surface area contributed by atoms with E-state index in [0.29, 0.717) is 9.50 Å². The molecular formula is C8H9BrClNO2. The van der Waals surface area contributed by atoms with E-state index in [1.807, 2.05) is 13.8 Å². The van der Waals surface area contributed by atoms with E-state index in [2.05, 4.69) is 15.9 Å². The van der Waals surface area contributed by atoms with Crippen molar-refractivity contribution in [2.75, 3.05) is 0 Å². The van der Waals surface area contributed by atoms with Crippen LogP contribution in [0.3, 0.4) is 0 Å². The van der Waals surface area contributed by atoms with Gasteiger partial charge in [-0.25, -0.2) is 0 Å². The normalized spacial score (nSPS) is 8.62. The molecule has 0 unspecified atom stereocenters. The van der Waals surface area contributed by atoms with Gasteiger partial charge in [-0.1, -0.05) is 25.4 Å². The molecule has 0 aliphatic carbocycles. The van der Waals surface area contributed by atoms with E-state index in [0.717, 1.165) is 0 Å². The van der Waals surface area contributed by atoms with Crippen molar-refractivity contribution >= 4 is 33.2 Å². The van der Waals surface area contributed by atoms with Gasteiger partial charge in [0.15, 0.2) is 0 Å². The summed E-state index contributed by atoms with van der Waals surface area (Å²) in [4.78, 5) is 9.80. The lowest BCUT2D eigenvalue weighted by atomic mass is 10.3. The number of hydrogen-bond acceptors (Lipinski definition) is 2. The smallest absolute Gasteiger partial charge is 0.258 e. The Kier molecular flexibility index (Phi) is 5.66. The Morgan fingerprint density at radius 1 is 1.46 bits per heavy atom. The molecule has 0 fully saturated rings. The Balaban J connectivity index is 0.000000671. The van der Waals surface area contributed by atoms with E-state index in [-0.39, 0.29) is 5.69 Å². The van der Waals surface area contributed by atoms with Crippen LogP contribution in [-0.4, -0.2) is 4.92 Å². The van der Waals surface area contributed by atoms with Gasteiger partial charge in [0.2, 0.25) is 0 Å². The van der Waals surface area contributed by atoms with E-state index in [4.69, 9.17) is 11.6 Å². The zero-order valence-electron chi connectivity index (χ0n) is 7.25. The fourth-order valence-electron chi connectivity index (χ4n) is 0.626. The Morgan fingerprint density at radius 3 is 2.38 bits per heavy atom. The van der Waals surface area contributed by atoms with E-state index in [1.165, 1.54) is 6.07 Å². The number of nitro groups is 1. The van der Waals surface area contributed by atoms with Crippen molar-refractivity contribution in [2.24, 2.45) is 0 Å². The molecule has 1 rings (SSSR count). The standard InChI is InChI=1S/C6H3BrClNO2.C2H6/c7-5-2-1-4(8)3-6(5)9(10)11;1-2/h1-3H;1-2H3. The second-order valence-electron chi connectivity index (χ2n) is 1.85. The molecule has 0 atom stereocenters. The Labute approximate surface area is 90.0 Å². The summed E-state index contributed by atoms with van der Waals surface area (Å²) >= 11 is 8.57. The van der Waals surface area contributed by atoms with Crippen molar-refractivity contribution in [1.29, 1.82) is 0 Å². The van der Waals surface area contributed by atoms with Crippen molar-refractivity contribution in [3.8, 4) is 0 Å². The molecule has 72 valence electrons. The minimum atomic E-state index is -0.490. The van der Waals surface area contributed by atoms with Gasteiger partial charge in [-0.3, -0.25) is 10.1 Å². The molecule has 5 heteroatoms. The van der Waals surface area contributed by atoms with Gasteiger partial charge < -0.3 is 0 Å². The van der Waals surface area contributed by atoms with Crippen LogP contribution < -0.4 is 0 Å². The van der Waals surface area contributed by atoms with Crippen LogP contribution in [0, 0.1) is 10.1 Å². The highest BCUT2D eigenvalue weighted by Gasteiger charge is 2.10. The highest BCUT2D eigenvalue weighted by Crippen LogP contribution is 2.27. The molecule has 0 heterocycles. The van der Waals surface area contributed by atoms with Crippen molar-refractivity contribution in [1.82, 2.24) is 0 Å². The predicted octanol–water partition coefficient (Wildman–Crippen LogP) is 4.04. The quantitative estimate of drug-likeness (QED) is 0.569. The van der Waals surface area contributed by atoms with Gasteiger partial charge in [0.05, 0.1) is 9.40 Å². The van der Waals surface area contributed by atoms with Crippen LogP contribution in [0.2, 0.25) is 5.02 Å². The van der Waals surface area contributed by atoms with Crippen LogP contribution in [0.25, 0.3) is 0 Å². The van der Waals surface area contributed by atoms with Crippen LogP contribution in [0.4, 0.5) is 5.69 Å². The highest BCUT2D eigenvalue weighted by molar-refractivity contribution is 9.10. The lowest BCUT2D eigenvalue weighted by Gasteiger charge is -1.94. The first-order valence-corrected chi connectivity index (χ1v) is 4.88. The Morgan fingerprint density at radius 2 is 2.00 bits per heavy atom. The van der Waals surface area contributed by atoms with Gasteiger partial charge in [0.25, 0.3) is 5.69 Å². The zero-order chi connectivity index (χ0) is 10.4. The molecule has 0 spiro atoms. The van der Waals surface area contributed by atoms with Crippen molar-refractivity contribution < 1.29 is 4.92 Å². The second kappa shape index (κ2) is 5.94. The number of benzene rings is 1. The summed E-state index contributed by atoms with van der Waals surface area (Å²) in [6.07, 6.45) is 0. The molecule has 13 heavy (non-hydrogen) atoms. The van der Waals surface area contributed by atoms with Crippen molar-refractivity contribution in [3.05, 3.63) is 37.8 Å². The van der Waals surface area contributed by atoms with Crippen molar-refractivity contribution in [2.45, 2.75) is 13.8 Å². The van der Waals surface area contributed by atoms with Gasteiger partial charge in [0, 0.05) is 11.1 Å². The number of rotatable bonds is 1. The lowest BCUT2D eigenvalue weighted by Crippen LogP contribution is -1.88. The average Bonchev–Trinajstić information content (AvgIpc) is 2.12. The summed E-state index contributed by atoms with van der Waals surface area (Å²) in [7, 11) is 0. The average molecular weight is 267 g/mol. The summed E-state index contributed by atoms with van der Waals surface area (Å²) in [6, 6.07) is 4.42. The maximum absolute atomic E-state index is 10.3. The number of hydrogen-bond donors (Lipinski definition) is 0. The number of nitrogens with zero attached hydrogens (tertiary/aromatic N) is 1. The first kappa shape index (κ1) is 12.4. The van der Waals surface area contributed by atoms with Crippen LogP contribution in [0.1, 0.15) is 13.8 Å². The molecule has 0 radical (unpaired) electrons. The van der Waals surface area contributed by atoms with E-state index in [9.17, 15) is 10.1 Å². The van der Waals surface area contributed by atoms with Gasteiger partial charge in [-0.15, -0.1) is 0 Å². The fraction of sp³-hybridized carbons (Fsp3) is 0.250. The third kappa shape index (κ3) is 3.74. The van der Waals surface area contributed by atoms with Crippen LogP contribution in [0.5, 0.6) is 0 Å². The van der Waals surface area contributed by atoms with Crippen LogP contribution in [0.15, 0.2) is 22.7 Å². The van der Waals surface area contributed by atoms with E-state index < -0.39 is 4.92 Å². The first-order valence-electron chi connectivity index (χ1n) is 3.70. The molecule has 0 N–H and O–H groups in total. The highest BCUT2D eigenvalue weighted by atomic mass is 79.9. The van der Waals surface area contributed by atoms with E-state index in [1.54, 1.807) is 12.1 Å². The van der Waals surface area contributed by atoms with Gasteiger partial charge in [-0.05, 0) is 28.1 Å². The molecule has 0 amide bonds. The lowest BCUT2D eigenvalue weighted by molar-refractivity contribution is -0.385. The zero-order valence-corrected chi connectivity index (χ0v) is 9.59. The topological polar surface area (TPSA) is 43.1 Å². The Hall–Kier alpha value is -0.610. The molecule has 0 saturated heterocycles. The minimum Gasteiger partial charge on any atom is -0.258 e. The fourth-order valence-corrected chi connectivity index (χ4v) is 1.18. The predicted molar refractivity (Wildman–Crippen MR) is 57.2 cm³/mol. The molecule has 0 aromatic heterocycles. The van der Waals surface area contributed by atoms with Crippen LogP contribution >= 0.6 is 27.5 Å². The maximum Gasteiger partial charge on any atom is 0.284 e. The van der Waals surface area contributed by atoms with Gasteiger partial charge >= 0.3 is 0 Å². The Bertz CT molecular complexity index is 304. The summed E-state index contributed by atoms with van der Waals surface area (Å²) < 4.78 is 0.437. The third-order valence-electron chi connectivity index (χ3n) is 1.10. The molecule has 0 bridgehead atoms. The van der Waals surface area contributed by atoms with Gasteiger partial charge in [-0.2, -0.15) is 0 Å². The summed E-state index contributed by atoms with van der Waals surface area (Å²) in [6.45, 7) is 4.00. The molecule has 0 aliphatic rings. The molecule has 0 saturated carbocycles. The summed E-state index contributed by atoms with van der Waals surface area (Å²) in [5, 5.41) is 10.7. The summed E-state index contributed by atoms with van der Waals surface area (Å²) in [5.41, 5.74) is -0.0162. The van der Waals surface area contributed by atoms with Crippen LogP contribution in [-0.2, 0) is 0 Å². The first-order chi connectivity index (χ1) is 6.11. The molecule has 1 aromatic rings. The van der Waals surface area contributed by atoms with E-state index >= 15 is 0 Å². The molecule has 0 aliphatic heterocycles. The largest absolute Gasteiger partial charge is 0.284 e. The third-order valence-corrected chi connectivity index (χ3v) is 2.01. The molecular weight excluding hydrogens is 257 g/mol. The maximum atomic E-state index is 10.3. The number of nitro benzene ring substituents is 1.